The standard InChI is InChI=1S/C13H15F2N3O2S/c1-10-5-7-16-18(10)8-2-6-17-21(19,20)11-3-4-12(14)13(15)9-11/h3-5,7,9,17H,2,6,8H2,1H3. The highest BCUT2D eigenvalue weighted by molar-refractivity contribution is 7.89. The zero-order chi connectivity index (χ0) is 15.5. The van der Waals surface area contributed by atoms with E-state index < -0.39 is 21.7 Å². The van der Waals surface area contributed by atoms with Crippen molar-refractivity contribution < 1.29 is 17.2 Å². The second-order valence-corrected chi connectivity index (χ2v) is 6.29. The number of hydrogen-bond acceptors (Lipinski definition) is 3. The number of sulfonamides is 1. The molecule has 2 rings (SSSR count). The van der Waals surface area contributed by atoms with Crippen LogP contribution in [-0.4, -0.2) is 24.7 Å². The summed E-state index contributed by atoms with van der Waals surface area (Å²) in [6.45, 7) is 2.65. The lowest BCUT2D eigenvalue weighted by atomic mass is 10.3. The monoisotopic (exact) mass is 315 g/mol. The Kier molecular flexibility index (Phi) is 4.69. The van der Waals surface area contributed by atoms with Crippen molar-refractivity contribution in [2.24, 2.45) is 0 Å². The fraction of sp³-hybridized carbons (Fsp3) is 0.308. The van der Waals surface area contributed by atoms with E-state index >= 15 is 0 Å². The molecule has 0 spiro atoms. The van der Waals surface area contributed by atoms with Crippen LogP contribution in [0, 0.1) is 18.6 Å². The van der Waals surface area contributed by atoms with Gasteiger partial charge >= 0.3 is 0 Å². The van der Waals surface area contributed by atoms with E-state index in [1.807, 2.05) is 13.0 Å². The Morgan fingerprint density at radius 3 is 2.62 bits per heavy atom. The lowest BCUT2D eigenvalue weighted by Gasteiger charge is -2.08. The van der Waals surface area contributed by atoms with Gasteiger partial charge in [-0.1, -0.05) is 0 Å². The summed E-state index contributed by atoms with van der Waals surface area (Å²) in [4.78, 5) is -0.295. The Hall–Kier alpha value is -1.80. The first-order valence-corrected chi connectivity index (χ1v) is 7.81. The maximum Gasteiger partial charge on any atom is 0.240 e. The molecule has 0 unspecified atom stereocenters. The topological polar surface area (TPSA) is 64.0 Å². The SMILES string of the molecule is Cc1ccnn1CCCNS(=O)(=O)c1ccc(F)c(F)c1. The minimum atomic E-state index is -3.84. The third kappa shape index (κ3) is 3.85. The maximum absolute atomic E-state index is 13.0. The Bertz CT molecular complexity index is 729. The van der Waals surface area contributed by atoms with Gasteiger partial charge in [0.05, 0.1) is 4.90 Å². The number of nitrogens with one attached hydrogen (secondary N) is 1. The third-order valence-corrected chi connectivity index (χ3v) is 4.43. The molecular weight excluding hydrogens is 300 g/mol. The van der Waals surface area contributed by atoms with Gasteiger partial charge in [0.25, 0.3) is 0 Å². The number of nitrogens with zero attached hydrogens (tertiary/aromatic N) is 2. The van der Waals surface area contributed by atoms with Gasteiger partial charge in [-0.3, -0.25) is 4.68 Å². The fourth-order valence-corrected chi connectivity index (χ4v) is 2.88. The van der Waals surface area contributed by atoms with Gasteiger partial charge in [-0.2, -0.15) is 5.10 Å². The van der Waals surface area contributed by atoms with Crippen LogP contribution in [0.15, 0.2) is 35.4 Å². The molecular formula is C13H15F2N3O2S. The summed E-state index contributed by atoms with van der Waals surface area (Å²) in [6.07, 6.45) is 2.20. The second-order valence-electron chi connectivity index (χ2n) is 4.52. The molecule has 0 radical (unpaired) electrons. The highest BCUT2D eigenvalue weighted by Gasteiger charge is 2.15. The second kappa shape index (κ2) is 6.31. The van der Waals surface area contributed by atoms with Gasteiger partial charge in [0.15, 0.2) is 11.6 Å². The zero-order valence-corrected chi connectivity index (χ0v) is 12.2. The molecule has 0 saturated carbocycles. The van der Waals surface area contributed by atoms with Gasteiger partial charge in [-0.05, 0) is 37.6 Å². The molecule has 1 aromatic carbocycles. The summed E-state index contributed by atoms with van der Waals surface area (Å²) < 4.78 is 53.7. The highest BCUT2D eigenvalue weighted by atomic mass is 32.2. The molecule has 0 atom stereocenters. The van der Waals surface area contributed by atoms with E-state index in [4.69, 9.17) is 0 Å². The Morgan fingerprint density at radius 2 is 2.00 bits per heavy atom. The molecule has 0 aliphatic rings. The molecule has 0 aliphatic heterocycles. The normalized spacial score (nSPS) is 11.8. The van der Waals surface area contributed by atoms with Crippen molar-refractivity contribution in [2.45, 2.75) is 24.8 Å². The summed E-state index contributed by atoms with van der Waals surface area (Å²) in [6, 6.07) is 4.33. The molecule has 0 saturated heterocycles. The number of halogens is 2. The van der Waals surface area contributed by atoms with Crippen molar-refractivity contribution in [3.8, 4) is 0 Å². The number of aryl methyl sites for hydroxylation is 2. The molecule has 5 nitrogen and oxygen atoms in total. The van der Waals surface area contributed by atoms with Gasteiger partial charge < -0.3 is 0 Å². The van der Waals surface area contributed by atoms with E-state index in [9.17, 15) is 17.2 Å². The van der Waals surface area contributed by atoms with Crippen LogP contribution < -0.4 is 4.72 Å². The van der Waals surface area contributed by atoms with Crippen LogP contribution in [-0.2, 0) is 16.6 Å². The molecule has 0 bridgehead atoms. The van der Waals surface area contributed by atoms with Crippen LogP contribution in [0.25, 0.3) is 0 Å². The van der Waals surface area contributed by atoms with Crippen LogP contribution in [0.3, 0.4) is 0 Å². The van der Waals surface area contributed by atoms with Crippen molar-refractivity contribution in [2.75, 3.05) is 6.54 Å². The van der Waals surface area contributed by atoms with E-state index in [-0.39, 0.29) is 11.4 Å². The first-order valence-electron chi connectivity index (χ1n) is 6.33. The van der Waals surface area contributed by atoms with E-state index in [1.54, 1.807) is 10.9 Å². The van der Waals surface area contributed by atoms with Crippen molar-refractivity contribution in [3.05, 3.63) is 47.8 Å². The fourth-order valence-electron chi connectivity index (χ4n) is 1.80. The molecule has 0 fully saturated rings. The Balaban J connectivity index is 1.92. The predicted molar refractivity (Wildman–Crippen MR) is 73.1 cm³/mol. The molecule has 0 amide bonds. The van der Waals surface area contributed by atoms with Crippen molar-refractivity contribution >= 4 is 10.0 Å². The summed E-state index contributed by atoms with van der Waals surface area (Å²) in [5.41, 5.74) is 0.985. The van der Waals surface area contributed by atoms with Crippen molar-refractivity contribution in [3.63, 3.8) is 0 Å². The first kappa shape index (κ1) is 15.6. The number of hydrogen-bond donors (Lipinski definition) is 1. The van der Waals surface area contributed by atoms with Crippen molar-refractivity contribution in [1.82, 2.24) is 14.5 Å². The highest BCUT2D eigenvalue weighted by Crippen LogP contribution is 2.13. The third-order valence-electron chi connectivity index (χ3n) is 2.97. The van der Waals surface area contributed by atoms with Gasteiger partial charge in [-0.15, -0.1) is 0 Å². The molecule has 1 aromatic heterocycles. The first-order chi connectivity index (χ1) is 9.90. The van der Waals surface area contributed by atoms with E-state index in [2.05, 4.69) is 9.82 Å². The number of rotatable bonds is 6. The minimum Gasteiger partial charge on any atom is -0.270 e. The van der Waals surface area contributed by atoms with Gasteiger partial charge in [-0.25, -0.2) is 21.9 Å². The lowest BCUT2D eigenvalue weighted by Crippen LogP contribution is -2.26. The molecule has 8 heteroatoms. The molecule has 1 N–H and O–H groups in total. The number of aromatic nitrogens is 2. The van der Waals surface area contributed by atoms with Crippen LogP contribution in [0.2, 0.25) is 0 Å². The van der Waals surface area contributed by atoms with E-state index in [0.717, 1.165) is 17.8 Å². The zero-order valence-electron chi connectivity index (χ0n) is 11.4. The average Bonchev–Trinajstić information content (AvgIpc) is 2.83. The molecule has 21 heavy (non-hydrogen) atoms. The smallest absolute Gasteiger partial charge is 0.240 e. The minimum absolute atomic E-state index is 0.181. The van der Waals surface area contributed by atoms with E-state index in [1.165, 1.54) is 0 Å². The van der Waals surface area contributed by atoms with Gasteiger partial charge in [0, 0.05) is 25.0 Å². The quantitative estimate of drug-likeness (QED) is 0.827. The van der Waals surface area contributed by atoms with Crippen LogP contribution in [0.1, 0.15) is 12.1 Å². The van der Waals surface area contributed by atoms with Gasteiger partial charge in [0.2, 0.25) is 10.0 Å². The largest absolute Gasteiger partial charge is 0.270 e. The maximum atomic E-state index is 13.0. The summed E-state index contributed by atoms with van der Waals surface area (Å²) in [5, 5.41) is 4.08. The lowest BCUT2D eigenvalue weighted by molar-refractivity contribution is 0.503. The summed E-state index contributed by atoms with van der Waals surface area (Å²) in [7, 11) is -3.84. The summed E-state index contributed by atoms with van der Waals surface area (Å²) in [5.74, 6) is -2.27. The Labute approximate surface area is 121 Å². The molecule has 0 aliphatic carbocycles. The number of benzene rings is 1. The summed E-state index contributed by atoms with van der Waals surface area (Å²) >= 11 is 0. The van der Waals surface area contributed by atoms with E-state index in [0.29, 0.717) is 19.0 Å². The molecule has 114 valence electrons. The average molecular weight is 315 g/mol. The van der Waals surface area contributed by atoms with Crippen LogP contribution in [0.4, 0.5) is 8.78 Å². The Morgan fingerprint density at radius 1 is 1.24 bits per heavy atom. The predicted octanol–water partition coefficient (Wildman–Crippen LogP) is 1.84. The van der Waals surface area contributed by atoms with Crippen molar-refractivity contribution in [1.29, 1.82) is 0 Å². The molecule has 1 heterocycles. The van der Waals surface area contributed by atoms with Gasteiger partial charge in [0.1, 0.15) is 0 Å². The van der Waals surface area contributed by atoms with Crippen LogP contribution >= 0.6 is 0 Å². The molecule has 2 aromatic rings. The van der Waals surface area contributed by atoms with Crippen LogP contribution in [0.5, 0.6) is 0 Å².